The Balaban J connectivity index is 1.27. The van der Waals surface area contributed by atoms with Crippen molar-refractivity contribution >= 4 is 75.0 Å². The molecule has 1 aliphatic rings. The molecule has 0 N–H and O–H groups in total. The van der Waals surface area contributed by atoms with Crippen LogP contribution >= 0.6 is 11.3 Å². The maximum atomic E-state index is 5.53. The van der Waals surface area contributed by atoms with Crippen molar-refractivity contribution in [1.29, 1.82) is 0 Å². The lowest BCUT2D eigenvalue weighted by atomic mass is 9.82. The van der Waals surface area contributed by atoms with Crippen LogP contribution in [0, 0.1) is 0 Å². The van der Waals surface area contributed by atoms with E-state index in [9.17, 15) is 0 Å². The van der Waals surface area contributed by atoms with Crippen molar-refractivity contribution in [2.24, 2.45) is 0 Å². The first-order valence-electron chi connectivity index (χ1n) is 16.8. The number of benzene rings is 7. The van der Waals surface area contributed by atoms with Gasteiger partial charge in [0.1, 0.15) is 0 Å². The zero-order valence-corrected chi connectivity index (χ0v) is 27.8. The van der Waals surface area contributed by atoms with Crippen molar-refractivity contribution in [2.45, 2.75) is 19.3 Å². The molecule has 10 aromatic rings. The highest BCUT2D eigenvalue weighted by Gasteiger charge is 2.35. The molecule has 4 heteroatoms. The van der Waals surface area contributed by atoms with E-state index in [1.54, 1.807) is 0 Å². The maximum Gasteiger partial charge on any atom is 0.235 e. The predicted molar refractivity (Wildman–Crippen MR) is 207 cm³/mol. The van der Waals surface area contributed by atoms with Gasteiger partial charge in [0.2, 0.25) is 5.95 Å². The summed E-state index contributed by atoms with van der Waals surface area (Å²) in [5.74, 6) is 0.692. The number of rotatable bonds is 2. The largest absolute Gasteiger partial charge is 0.276 e. The highest BCUT2D eigenvalue weighted by molar-refractivity contribution is 7.27. The molecule has 0 saturated carbocycles. The molecule has 7 aromatic carbocycles. The second-order valence-corrected chi connectivity index (χ2v) is 14.8. The molecule has 0 saturated heterocycles. The lowest BCUT2D eigenvalue weighted by molar-refractivity contribution is 0.660. The predicted octanol–water partition coefficient (Wildman–Crippen LogP) is 12.2. The summed E-state index contributed by atoms with van der Waals surface area (Å²) in [6.45, 7) is 4.67. The number of fused-ring (bicyclic) bond motifs is 14. The molecule has 3 aromatic heterocycles. The van der Waals surface area contributed by atoms with Crippen molar-refractivity contribution in [1.82, 2.24) is 14.5 Å². The highest BCUT2D eigenvalue weighted by Crippen LogP contribution is 2.50. The standard InChI is InChI=1S/C45H29N3S/c1-45(2)34-19-9-5-13-27(34)28-24-23-26(25-35(28)45)41-31-16-6-10-20-36(31)46-44(47-41)48-37-21-11-7-17-32(37)39-29-14-3-4-15-30(29)40-33-18-8-12-22-38(33)49-43(40)42(39)48/h3-25H,1-2H3. The van der Waals surface area contributed by atoms with E-state index < -0.39 is 0 Å². The molecule has 230 valence electrons. The van der Waals surface area contributed by atoms with Gasteiger partial charge >= 0.3 is 0 Å². The van der Waals surface area contributed by atoms with E-state index in [4.69, 9.17) is 9.97 Å². The summed E-state index contributed by atoms with van der Waals surface area (Å²) in [4.78, 5) is 10.9. The highest BCUT2D eigenvalue weighted by atomic mass is 32.1. The van der Waals surface area contributed by atoms with Gasteiger partial charge in [0.15, 0.2) is 0 Å². The fraction of sp³-hybridized carbons (Fsp3) is 0.0667. The summed E-state index contributed by atoms with van der Waals surface area (Å²) in [7, 11) is 0. The average Bonchev–Trinajstić information content (AvgIpc) is 3.78. The molecular formula is C45H29N3S. The molecular weight excluding hydrogens is 615 g/mol. The van der Waals surface area contributed by atoms with Gasteiger partial charge in [0.25, 0.3) is 0 Å². The van der Waals surface area contributed by atoms with E-state index in [2.05, 4.69) is 158 Å². The smallest absolute Gasteiger partial charge is 0.235 e. The Labute approximate surface area is 286 Å². The first-order valence-corrected chi connectivity index (χ1v) is 17.7. The minimum Gasteiger partial charge on any atom is -0.276 e. The monoisotopic (exact) mass is 643 g/mol. The lowest BCUT2D eigenvalue weighted by Crippen LogP contribution is -2.15. The quantitative estimate of drug-likeness (QED) is 0.188. The molecule has 1 aliphatic carbocycles. The molecule has 0 bridgehead atoms. The van der Waals surface area contributed by atoms with Crippen LogP contribution in [0.15, 0.2) is 140 Å². The SMILES string of the molecule is CC1(C)c2ccccc2-c2ccc(-c3nc(-n4c5ccccc5c5c6ccccc6c6c7ccccc7sc6c54)nc4ccccc34)cc21. The summed E-state index contributed by atoms with van der Waals surface area (Å²) in [6.07, 6.45) is 0. The molecule has 3 nitrogen and oxygen atoms in total. The maximum absolute atomic E-state index is 5.53. The van der Waals surface area contributed by atoms with E-state index in [0.717, 1.165) is 27.7 Å². The Morgan fingerprint density at radius 1 is 0.551 bits per heavy atom. The second kappa shape index (κ2) is 9.62. The van der Waals surface area contributed by atoms with Gasteiger partial charge in [0, 0.05) is 42.6 Å². The van der Waals surface area contributed by atoms with Crippen molar-refractivity contribution < 1.29 is 0 Å². The van der Waals surface area contributed by atoms with Gasteiger partial charge in [-0.15, -0.1) is 11.3 Å². The number of para-hydroxylation sites is 2. The zero-order chi connectivity index (χ0) is 32.4. The van der Waals surface area contributed by atoms with Gasteiger partial charge < -0.3 is 0 Å². The van der Waals surface area contributed by atoms with E-state index in [1.165, 1.54) is 69.5 Å². The van der Waals surface area contributed by atoms with Crippen LogP contribution in [0.1, 0.15) is 25.0 Å². The van der Waals surface area contributed by atoms with E-state index >= 15 is 0 Å². The minimum absolute atomic E-state index is 0.103. The zero-order valence-electron chi connectivity index (χ0n) is 27.0. The van der Waals surface area contributed by atoms with Crippen LogP contribution in [0.2, 0.25) is 0 Å². The second-order valence-electron chi connectivity index (χ2n) is 13.7. The van der Waals surface area contributed by atoms with Crippen LogP contribution in [0.3, 0.4) is 0 Å². The minimum atomic E-state index is -0.103. The topological polar surface area (TPSA) is 30.7 Å². The van der Waals surface area contributed by atoms with Crippen LogP contribution < -0.4 is 0 Å². The van der Waals surface area contributed by atoms with Crippen LogP contribution in [-0.4, -0.2) is 14.5 Å². The van der Waals surface area contributed by atoms with E-state index in [-0.39, 0.29) is 5.41 Å². The molecule has 49 heavy (non-hydrogen) atoms. The Kier molecular flexibility index (Phi) is 5.33. The number of hydrogen-bond acceptors (Lipinski definition) is 3. The molecule has 0 aliphatic heterocycles. The van der Waals surface area contributed by atoms with Crippen LogP contribution in [0.5, 0.6) is 0 Å². The third kappa shape index (κ3) is 3.56. The van der Waals surface area contributed by atoms with Crippen molar-refractivity contribution in [2.75, 3.05) is 0 Å². The number of aromatic nitrogens is 3. The summed E-state index contributed by atoms with van der Waals surface area (Å²) in [5.41, 5.74) is 10.5. The third-order valence-corrected chi connectivity index (χ3v) is 12.0. The first kappa shape index (κ1) is 27.1. The number of nitrogens with zero attached hydrogens (tertiary/aromatic N) is 3. The Morgan fingerprint density at radius 3 is 2.06 bits per heavy atom. The van der Waals surface area contributed by atoms with Crippen LogP contribution in [0.4, 0.5) is 0 Å². The van der Waals surface area contributed by atoms with Crippen LogP contribution in [0.25, 0.3) is 92.0 Å². The van der Waals surface area contributed by atoms with Gasteiger partial charge in [0.05, 0.1) is 26.9 Å². The fourth-order valence-electron chi connectivity index (χ4n) is 8.57. The first-order chi connectivity index (χ1) is 24.1. The Hall–Kier alpha value is -5.84. The molecule has 0 spiro atoms. The number of hydrogen-bond donors (Lipinski definition) is 0. The molecule has 0 unspecified atom stereocenters. The Morgan fingerprint density at radius 2 is 1.20 bits per heavy atom. The molecule has 3 heterocycles. The third-order valence-electron chi connectivity index (χ3n) is 10.8. The summed E-state index contributed by atoms with van der Waals surface area (Å²) in [6, 6.07) is 50.6. The molecule has 0 amide bonds. The summed E-state index contributed by atoms with van der Waals surface area (Å²) < 4.78 is 4.88. The van der Waals surface area contributed by atoms with Gasteiger partial charge in [-0.3, -0.25) is 4.57 Å². The van der Waals surface area contributed by atoms with Gasteiger partial charge in [-0.25, -0.2) is 9.97 Å². The van der Waals surface area contributed by atoms with Crippen molar-refractivity contribution in [3.05, 3.63) is 151 Å². The molecule has 0 atom stereocenters. The summed E-state index contributed by atoms with van der Waals surface area (Å²) >= 11 is 1.87. The Bertz CT molecular complexity index is 3030. The molecule has 0 fully saturated rings. The summed E-state index contributed by atoms with van der Waals surface area (Å²) in [5, 5.41) is 8.65. The fourth-order valence-corrected chi connectivity index (χ4v) is 9.83. The van der Waals surface area contributed by atoms with Crippen LogP contribution in [-0.2, 0) is 5.41 Å². The number of thiophene rings is 1. The van der Waals surface area contributed by atoms with Gasteiger partial charge in [-0.2, -0.15) is 0 Å². The van der Waals surface area contributed by atoms with Gasteiger partial charge in [-0.05, 0) is 57.3 Å². The molecule has 11 rings (SSSR count). The van der Waals surface area contributed by atoms with Crippen molar-refractivity contribution in [3.8, 4) is 28.3 Å². The molecule has 0 radical (unpaired) electrons. The van der Waals surface area contributed by atoms with E-state index in [1.807, 2.05) is 11.3 Å². The lowest BCUT2D eigenvalue weighted by Gasteiger charge is -2.22. The van der Waals surface area contributed by atoms with Gasteiger partial charge in [-0.1, -0.05) is 129 Å². The average molecular weight is 644 g/mol. The normalized spacial score (nSPS) is 13.7. The van der Waals surface area contributed by atoms with Crippen molar-refractivity contribution in [3.63, 3.8) is 0 Å². The van der Waals surface area contributed by atoms with E-state index in [0.29, 0.717) is 5.95 Å².